The lowest BCUT2D eigenvalue weighted by Crippen LogP contribution is -2.51. The number of carbonyl (C=O) groups is 1. The molecule has 10 nitrogen and oxygen atoms in total. The lowest BCUT2D eigenvalue weighted by Gasteiger charge is -2.44. The number of piperazine rings is 1. The molecule has 0 spiro atoms. The molecule has 5 aromatic rings. The van der Waals surface area contributed by atoms with E-state index >= 15 is 0 Å². The van der Waals surface area contributed by atoms with Gasteiger partial charge in [-0.25, -0.2) is 8.42 Å². The van der Waals surface area contributed by atoms with Crippen LogP contribution in [0.15, 0.2) is 138 Å². The summed E-state index contributed by atoms with van der Waals surface area (Å²) in [7, 11) is -3.99. The minimum atomic E-state index is -3.99. The average Bonchev–Trinajstić information content (AvgIpc) is 3.23. The third-order valence-corrected chi connectivity index (χ3v) is 12.4. The number of aliphatic hydroxyl groups excluding tert-OH is 1. The van der Waals surface area contributed by atoms with Gasteiger partial charge >= 0.3 is 0 Å². The molecular weight excluding hydrogens is 737 g/mol. The van der Waals surface area contributed by atoms with Gasteiger partial charge in [-0.15, -0.1) is 0 Å². The number of aliphatic hydroxyl groups is 1. The third kappa shape index (κ3) is 10.6. The van der Waals surface area contributed by atoms with Crippen molar-refractivity contribution in [2.45, 2.75) is 62.9 Å². The first-order chi connectivity index (χ1) is 27.6. The minimum Gasteiger partial charge on any atom is -0.392 e. The predicted molar refractivity (Wildman–Crippen MR) is 222 cm³/mol. The number of nitrogens with zero attached hydrogens (tertiary/aromatic N) is 2. The second-order valence-electron chi connectivity index (χ2n) is 15.2. The number of benzene rings is 5. The number of amides is 1. The summed E-state index contributed by atoms with van der Waals surface area (Å²) in [6.45, 7) is 9.60. The Labute approximate surface area is 336 Å². The molecule has 11 heteroatoms. The smallest absolute Gasteiger partial charge is 0.242 e. The normalized spacial score (nSPS) is 21.2. The Morgan fingerprint density at radius 1 is 0.737 bits per heavy atom. The van der Waals surface area contributed by atoms with Crippen molar-refractivity contribution in [2.24, 2.45) is 5.92 Å². The fraction of sp³-hybridized carbons (Fsp3) is 0.326. The summed E-state index contributed by atoms with van der Waals surface area (Å²) in [5.74, 6) is -0.427. The van der Waals surface area contributed by atoms with Crippen LogP contribution in [0.1, 0.15) is 52.7 Å². The van der Waals surface area contributed by atoms with Gasteiger partial charge in [0.05, 0.1) is 23.7 Å². The topological polar surface area (TPSA) is 120 Å². The van der Waals surface area contributed by atoms with Gasteiger partial charge in [0.1, 0.15) is 6.04 Å². The first kappa shape index (κ1) is 40.5. The quantitative estimate of drug-likeness (QED) is 0.115. The van der Waals surface area contributed by atoms with E-state index in [2.05, 4.69) is 57.1 Å². The summed E-state index contributed by atoms with van der Waals surface area (Å²) in [6, 6.07) is 40.6. The van der Waals surface area contributed by atoms with Crippen molar-refractivity contribution in [1.82, 2.24) is 14.5 Å². The zero-order valence-corrected chi connectivity index (χ0v) is 33.4. The molecule has 57 heavy (non-hydrogen) atoms. The van der Waals surface area contributed by atoms with Gasteiger partial charge in [0, 0.05) is 56.4 Å². The van der Waals surface area contributed by atoms with Crippen molar-refractivity contribution in [3.63, 3.8) is 0 Å². The molecule has 2 heterocycles. The van der Waals surface area contributed by atoms with E-state index in [1.807, 2.05) is 73.7 Å². The number of hydrogen-bond acceptors (Lipinski definition) is 8. The summed E-state index contributed by atoms with van der Waals surface area (Å²) in [5.41, 5.74) is 6.26. The number of sulfonamides is 1. The number of carbonyl (C=O) groups excluding carboxylic acids is 1. The molecule has 0 aromatic heterocycles. The second-order valence-corrected chi connectivity index (χ2v) is 16.9. The maximum Gasteiger partial charge on any atom is 0.242 e. The first-order valence-electron chi connectivity index (χ1n) is 19.7. The second kappa shape index (κ2) is 18.7. The monoisotopic (exact) mass is 788 g/mol. The maximum absolute atomic E-state index is 13.8. The highest BCUT2D eigenvalue weighted by Crippen LogP contribution is 2.42. The van der Waals surface area contributed by atoms with E-state index in [0.717, 1.165) is 67.1 Å². The minimum absolute atomic E-state index is 0.0273. The molecule has 298 valence electrons. The Kier molecular flexibility index (Phi) is 13.3. The summed E-state index contributed by atoms with van der Waals surface area (Å²) < 4.78 is 42.9. The highest BCUT2D eigenvalue weighted by atomic mass is 32.2. The number of rotatable bonds is 14. The van der Waals surface area contributed by atoms with E-state index in [9.17, 15) is 18.3 Å². The van der Waals surface area contributed by atoms with Crippen LogP contribution in [0.3, 0.4) is 0 Å². The Morgan fingerprint density at radius 2 is 1.33 bits per heavy atom. The van der Waals surface area contributed by atoms with Crippen LogP contribution in [0.4, 0.5) is 5.69 Å². The fourth-order valence-corrected chi connectivity index (χ4v) is 8.71. The molecule has 0 radical (unpaired) electrons. The van der Waals surface area contributed by atoms with E-state index in [1.54, 1.807) is 24.3 Å². The molecular formula is C46H52N4O6S. The molecule has 0 saturated carbocycles. The molecule has 5 aromatic carbocycles. The Balaban J connectivity index is 1.05. The van der Waals surface area contributed by atoms with Gasteiger partial charge < -0.3 is 19.9 Å². The molecule has 2 saturated heterocycles. The van der Waals surface area contributed by atoms with E-state index in [0.29, 0.717) is 5.69 Å². The molecule has 5 atom stereocenters. The van der Waals surface area contributed by atoms with Crippen molar-refractivity contribution < 1.29 is 27.8 Å². The molecule has 2 aliphatic heterocycles. The molecule has 5 unspecified atom stereocenters. The zero-order valence-electron chi connectivity index (χ0n) is 32.5. The maximum atomic E-state index is 13.8. The summed E-state index contributed by atoms with van der Waals surface area (Å²) in [5, 5.41) is 12.6. The highest BCUT2D eigenvalue weighted by Gasteiger charge is 2.39. The van der Waals surface area contributed by atoms with Crippen molar-refractivity contribution >= 4 is 21.6 Å². The van der Waals surface area contributed by atoms with E-state index < -0.39 is 28.3 Å². The molecule has 1 amide bonds. The Hall–Kier alpha value is -4.72. The standard InChI is InChI=1S/C46H52N4O6S/c1-33-13-23-41(24-14-33)57(53,54)48-42(29-35-9-5-3-6-10-35)45(52)47-40-21-19-39(20-22-40)46-55-43(34(2)44(56-46)38-17-15-37(32-51)16-18-38)31-50-27-25-49(26-28-50)30-36-11-7-4-8-12-36/h3-24,34,42-44,46,48,51H,25-32H2,1-2H3,(H,47,52). The van der Waals surface area contributed by atoms with Crippen LogP contribution in [-0.2, 0) is 43.9 Å². The molecule has 7 rings (SSSR count). The van der Waals surface area contributed by atoms with Gasteiger partial charge in [0.25, 0.3) is 0 Å². The molecule has 0 aliphatic carbocycles. The lowest BCUT2D eigenvalue weighted by molar-refractivity contribution is -0.276. The third-order valence-electron chi connectivity index (χ3n) is 11.0. The van der Waals surface area contributed by atoms with Crippen molar-refractivity contribution in [2.75, 3.05) is 38.0 Å². The molecule has 3 N–H and O–H groups in total. The van der Waals surface area contributed by atoms with Gasteiger partial charge in [-0.3, -0.25) is 14.6 Å². The van der Waals surface area contributed by atoms with Crippen LogP contribution in [0.25, 0.3) is 0 Å². The van der Waals surface area contributed by atoms with Crippen molar-refractivity contribution in [1.29, 1.82) is 0 Å². The molecule has 0 bridgehead atoms. The van der Waals surface area contributed by atoms with Crippen LogP contribution in [0, 0.1) is 12.8 Å². The SMILES string of the molecule is Cc1ccc(S(=O)(=O)NC(Cc2ccccc2)C(=O)Nc2ccc(C3OC(CN4CCN(Cc5ccccc5)CC4)C(C)C(c4ccc(CO)cc4)O3)cc2)cc1. The summed E-state index contributed by atoms with van der Waals surface area (Å²) in [6.07, 6.45) is -0.862. The Morgan fingerprint density at radius 3 is 1.96 bits per heavy atom. The molecule has 2 fully saturated rings. The van der Waals surface area contributed by atoms with Crippen LogP contribution in [0.2, 0.25) is 0 Å². The van der Waals surface area contributed by atoms with E-state index in [1.165, 1.54) is 17.7 Å². The number of nitrogens with one attached hydrogen (secondary N) is 2. The van der Waals surface area contributed by atoms with Crippen LogP contribution in [0.5, 0.6) is 0 Å². The van der Waals surface area contributed by atoms with Gasteiger partial charge in [-0.05, 0) is 59.9 Å². The number of ether oxygens (including phenoxy) is 2. The van der Waals surface area contributed by atoms with Gasteiger partial charge in [-0.2, -0.15) is 4.72 Å². The highest BCUT2D eigenvalue weighted by molar-refractivity contribution is 7.89. The van der Waals surface area contributed by atoms with Gasteiger partial charge in [0.2, 0.25) is 15.9 Å². The Bertz CT molecular complexity index is 2150. The lowest BCUT2D eigenvalue weighted by atomic mass is 9.90. The number of aryl methyl sites for hydroxylation is 1. The van der Waals surface area contributed by atoms with Gasteiger partial charge in [0.15, 0.2) is 6.29 Å². The zero-order chi connectivity index (χ0) is 39.8. The first-order valence-corrected chi connectivity index (χ1v) is 21.1. The van der Waals surface area contributed by atoms with Crippen LogP contribution >= 0.6 is 0 Å². The van der Waals surface area contributed by atoms with Crippen molar-refractivity contribution in [3.8, 4) is 0 Å². The summed E-state index contributed by atoms with van der Waals surface area (Å²) in [4.78, 5) is 18.9. The average molecular weight is 789 g/mol. The van der Waals surface area contributed by atoms with Crippen LogP contribution < -0.4 is 10.0 Å². The number of hydrogen-bond donors (Lipinski definition) is 3. The van der Waals surface area contributed by atoms with Crippen LogP contribution in [-0.4, -0.2) is 74.1 Å². The summed E-state index contributed by atoms with van der Waals surface area (Å²) >= 11 is 0. The van der Waals surface area contributed by atoms with Gasteiger partial charge in [-0.1, -0.05) is 122 Å². The van der Waals surface area contributed by atoms with E-state index in [4.69, 9.17) is 9.47 Å². The van der Waals surface area contributed by atoms with Crippen molar-refractivity contribution in [3.05, 3.63) is 167 Å². The largest absolute Gasteiger partial charge is 0.392 e. The predicted octanol–water partition coefficient (Wildman–Crippen LogP) is 6.62. The number of anilines is 1. The molecule has 2 aliphatic rings. The fourth-order valence-electron chi connectivity index (χ4n) is 7.52. The van der Waals surface area contributed by atoms with E-state index in [-0.39, 0.29) is 36.0 Å².